The molecule has 1 aromatic carbocycles. The van der Waals surface area contributed by atoms with Crippen LogP contribution in [0.2, 0.25) is 0 Å². The van der Waals surface area contributed by atoms with Crippen molar-refractivity contribution in [2.24, 2.45) is 5.73 Å². The Morgan fingerprint density at radius 2 is 2.00 bits per heavy atom. The van der Waals surface area contributed by atoms with Gasteiger partial charge in [-0.15, -0.1) is 0 Å². The van der Waals surface area contributed by atoms with Gasteiger partial charge >= 0.3 is 0 Å². The number of nitrogens with one attached hydrogen (secondary N) is 1. The number of benzene rings is 1. The summed E-state index contributed by atoms with van der Waals surface area (Å²) in [4.78, 5) is 0. The SMILES string of the molecule is COCC(N)CCNS(=O)(=O)CCc1ccccc1. The first-order chi connectivity index (χ1) is 9.03. The standard InChI is InChI=1S/C13H22N2O3S/c1-18-11-13(14)7-9-15-19(16,17)10-8-12-5-3-2-4-6-12/h2-6,13,15H,7-11,14H2,1H3. The van der Waals surface area contributed by atoms with Crippen molar-refractivity contribution in [3.05, 3.63) is 35.9 Å². The molecule has 0 bridgehead atoms. The van der Waals surface area contributed by atoms with E-state index in [2.05, 4.69) is 4.72 Å². The highest BCUT2D eigenvalue weighted by atomic mass is 32.2. The van der Waals surface area contributed by atoms with Gasteiger partial charge in [-0.05, 0) is 18.4 Å². The van der Waals surface area contributed by atoms with Gasteiger partial charge in [-0.1, -0.05) is 30.3 Å². The van der Waals surface area contributed by atoms with Crippen LogP contribution >= 0.6 is 0 Å². The maximum absolute atomic E-state index is 11.8. The van der Waals surface area contributed by atoms with Crippen LogP contribution in [0.5, 0.6) is 0 Å². The van der Waals surface area contributed by atoms with Crippen molar-refractivity contribution in [1.82, 2.24) is 4.72 Å². The van der Waals surface area contributed by atoms with E-state index in [4.69, 9.17) is 10.5 Å². The largest absolute Gasteiger partial charge is 0.383 e. The highest BCUT2D eigenvalue weighted by Gasteiger charge is 2.10. The van der Waals surface area contributed by atoms with Crippen LogP contribution < -0.4 is 10.5 Å². The average Bonchev–Trinajstić information content (AvgIpc) is 2.38. The second kappa shape index (κ2) is 8.27. The molecule has 0 spiro atoms. The molecule has 5 nitrogen and oxygen atoms in total. The number of hydrogen-bond acceptors (Lipinski definition) is 4. The molecule has 0 aliphatic rings. The fraction of sp³-hybridized carbons (Fsp3) is 0.538. The average molecular weight is 286 g/mol. The second-order valence-electron chi connectivity index (χ2n) is 4.45. The highest BCUT2D eigenvalue weighted by Crippen LogP contribution is 2.01. The number of nitrogens with two attached hydrogens (primary N) is 1. The third kappa shape index (κ3) is 7.27. The van der Waals surface area contributed by atoms with Crippen molar-refractivity contribution < 1.29 is 13.2 Å². The van der Waals surface area contributed by atoms with Gasteiger partial charge in [-0.25, -0.2) is 13.1 Å². The Kier molecular flexibility index (Phi) is 7.01. The number of aryl methyl sites for hydroxylation is 1. The molecule has 0 aromatic heterocycles. The van der Waals surface area contributed by atoms with Crippen molar-refractivity contribution in [3.63, 3.8) is 0 Å². The van der Waals surface area contributed by atoms with Gasteiger partial charge in [-0.2, -0.15) is 0 Å². The van der Waals surface area contributed by atoms with Crippen LogP contribution in [0.25, 0.3) is 0 Å². The summed E-state index contributed by atoms with van der Waals surface area (Å²) >= 11 is 0. The Morgan fingerprint density at radius 3 is 2.63 bits per heavy atom. The summed E-state index contributed by atoms with van der Waals surface area (Å²) in [6, 6.07) is 9.42. The minimum atomic E-state index is -3.24. The van der Waals surface area contributed by atoms with Crippen molar-refractivity contribution in [3.8, 4) is 0 Å². The van der Waals surface area contributed by atoms with Crippen LogP contribution in [0.1, 0.15) is 12.0 Å². The normalized spacial score (nSPS) is 13.4. The fourth-order valence-electron chi connectivity index (χ4n) is 1.67. The van der Waals surface area contributed by atoms with Gasteiger partial charge in [0.25, 0.3) is 0 Å². The molecule has 0 saturated carbocycles. The van der Waals surface area contributed by atoms with Crippen molar-refractivity contribution in [1.29, 1.82) is 0 Å². The zero-order valence-electron chi connectivity index (χ0n) is 11.2. The molecular formula is C13H22N2O3S. The van der Waals surface area contributed by atoms with E-state index in [9.17, 15) is 8.42 Å². The lowest BCUT2D eigenvalue weighted by molar-refractivity contribution is 0.177. The Morgan fingerprint density at radius 1 is 1.32 bits per heavy atom. The van der Waals surface area contributed by atoms with E-state index in [1.165, 1.54) is 0 Å². The monoisotopic (exact) mass is 286 g/mol. The zero-order chi connectivity index (χ0) is 14.1. The van der Waals surface area contributed by atoms with Gasteiger partial charge in [0.2, 0.25) is 10.0 Å². The van der Waals surface area contributed by atoms with E-state index in [1.807, 2.05) is 30.3 Å². The number of methoxy groups -OCH3 is 1. The minimum Gasteiger partial charge on any atom is -0.383 e. The first-order valence-electron chi connectivity index (χ1n) is 6.29. The summed E-state index contributed by atoms with van der Waals surface area (Å²) in [6.45, 7) is 0.785. The third-order valence-corrected chi connectivity index (χ3v) is 4.11. The maximum atomic E-state index is 11.8. The number of ether oxygens (including phenoxy) is 1. The molecule has 0 fully saturated rings. The summed E-state index contributed by atoms with van der Waals surface area (Å²) in [5, 5.41) is 0. The summed E-state index contributed by atoms with van der Waals surface area (Å²) < 4.78 is 31.0. The smallest absolute Gasteiger partial charge is 0.211 e. The Labute approximate surface area is 115 Å². The molecule has 1 unspecified atom stereocenters. The molecule has 6 heteroatoms. The summed E-state index contributed by atoms with van der Waals surface area (Å²) in [5.74, 6) is 0.0938. The number of sulfonamides is 1. The summed E-state index contributed by atoms with van der Waals surface area (Å²) in [7, 11) is -1.66. The van der Waals surface area contributed by atoms with Gasteiger partial charge in [-0.3, -0.25) is 0 Å². The molecule has 1 atom stereocenters. The lowest BCUT2D eigenvalue weighted by Gasteiger charge is -2.11. The lowest BCUT2D eigenvalue weighted by atomic mass is 10.2. The molecule has 0 saturated heterocycles. The van der Waals surface area contributed by atoms with Crippen molar-refractivity contribution in [2.45, 2.75) is 18.9 Å². The van der Waals surface area contributed by atoms with Crippen LogP contribution in [0, 0.1) is 0 Å². The summed E-state index contributed by atoms with van der Waals surface area (Å²) in [5.41, 5.74) is 6.74. The van der Waals surface area contributed by atoms with Crippen LogP contribution in [0.4, 0.5) is 0 Å². The first-order valence-corrected chi connectivity index (χ1v) is 7.94. The molecule has 0 aliphatic carbocycles. The molecule has 0 heterocycles. The molecule has 0 amide bonds. The lowest BCUT2D eigenvalue weighted by Crippen LogP contribution is -2.34. The van der Waals surface area contributed by atoms with Crippen molar-refractivity contribution in [2.75, 3.05) is 26.0 Å². The molecule has 1 rings (SSSR count). The molecule has 108 valence electrons. The Bertz CT molecular complexity index is 448. The second-order valence-corrected chi connectivity index (χ2v) is 6.38. The van der Waals surface area contributed by atoms with E-state index < -0.39 is 10.0 Å². The van der Waals surface area contributed by atoms with E-state index in [1.54, 1.807) is 7.11 Å². The highest BCUT2D eigenvalue weighted by molar-refractivity contribution is 7.89. The fourth-order valence-corrected chi connectivity index (χ4v) is 2.74. The van der Waals surface area contributed by atoms with E-state index in [0.29, 0.717) is 26.0 Å². The number of hydrogen-bond donors (Lipinski definition) is 2. The van der Waals surface area contributed by atoms with Crippen LogP contribution in [0.15, 0.2) is 30.3 Å². The zero-order valence-corrected chi connectivity index (χ0v) is 12.0. The topological polar surface area (TPSA) is 81.4 Å². The third-order valence-electron chi connectivity index (χ3n) is 2.72. The Balaban J connectivity index is 2.28. The quantitative estimate of drug-likeness (QED) is 0.693. The van der Waals surface area contributed by atoms with Crippen LogP contribution in [0.3, 0.4) is 0 Å². The number of rotatable bonds is 9. The van der Waals surface area contributed by atoms with Gasteiger partial charge < -0.3 is 10.5 Å². The van der Waals surface area contributed by atoms with E-state index in [-0.39, 0.29) is 11.8 Å². The molecular weight excluding hydrogens is 264 g/mol. The predicted octanol–water partition coefficient (Wildman–Crippen LogP) is 0.512. The molecule has 0 aliphatic heterocycles. The maximum Gasteiger partial charge on any atom is 0.211 e. The van der Waals surface area contributed by atoms with E-state index in [0.717, 1.165) is 5.56 Å². The Hall–Kier alpha value is -0.950. The summed E-state index contributed by atoms with van der Waals surface area (Å²) in [6.07, 6.45) is 1.08. The molecule has 1 aromatic rings. The van der Waals surface area contributed by atoms with Crippen LogP contribution in [-0.4, -0.2) is 40.5 Å². The van der Waals surface area contributed by atoms with Gasteiger partial charge in [0, 0.05) is 19.7 Å². The molecule has 19 heavy (non-hydrogen) atoms. The van der Waals surface area contributed by atoms with Gasteiger partial charge in [0.1, 0.15) is 0 Å². The predicted molar refractivity (Wildman–Crippen MR) is 76.4 cm³/mol. The van der Waals surface area contributed by atoms with Gasteiger partial charge in [0.05, 0.1) is 12.4 Å². The van der Waals surface area contributed by atoms with Crippen molar-refractivity contribution >= 4 is 10.0 Å². The molecule has 0 radical (unpaired) electrons. The van der Waals surface area contributed by atoms with E-state index >= 15 is 0 Å². The minimum absolute atomic E-state index is 0.0938. The van der Waals surface area contributed by atoms with Crippen LogP contribution in [-0.2, 0) is 21.2 Å². The van der Waals surface area contributed by atoms with Gasteiger partial charge in [0.15, 0.2) is 0 Å². The molecule has 3 N–H and O–H groups in total. The first kappa shape index (κ1) is 16.1.